The molecule has 0 radical (unpaired) electrons. The number of nitrogens with zero attached hydrogens (tertiary/aromatic N) is 1. The summed E-state index contributed by atoms with van der Waals surface area (Å²) < 4.78 is 0. The van der Waals surface area contributed by atoms with Gasteiger partial charge >= 0.3 is 11.9 Å². The van der Waals surface area contributed by atoms with Crippen LogP contribution in [0.2, 0.25) is 0 Å². The Kier molecular flexibility index (Phi) is 13.7. The fraction of sp³-hybridized carbons (Fsp3) is 0.765. The zero-order valence-electron chi connectivity index (χ0n) is 14.3. The molecule has 0 aromatic heterocycles. The minimum Gasteiger partial charge on any atom is -0.333 e. The summed E-state index contributed by atoms with van der Waals surface area (Å²) in [5, 5.41) is 0.954. The summed E-state index contributed by atoms with van der Waals surface area (Å²) in [6.07, 6.45) is 12.9. The van der Waals surface area contributed by atoms with Crippen molar-refractivity contribution in [1.82, 2.24) is 5.23 Å². The summed E-state index contributed by atoms with van der Waals surface area (Å²) >= 11 is 0. The van der Waals surface area contributed by atoms with Gasteiger partial charge in [-0.1, -0.05) is 65.0 Å². The van der Waals surface area contributed by atoms with E-state index in [4.69, 9.17) is 9.68 Å². The van der Waals surface area contributed by atoms with E-state index in [1.807, 2.05) is 12.2 Å². The molecule has 5 heteroatoms. The SMILES string of the molecule is CCCCCCCCC=CCN(OC(=O)CC)OC(=O)CC. The fourth-order valence-electron chi connectivity index (χ4n) is 1.77. The smallest absolute Gasteiger partial charge is 0.328 e. The van der Waals surface area contributed by atoms with Crippen molar-refractivity contribution in [1.29, 1.82) is 0 Å². The van der Waals surface area contributed by atoms with Gasteiger partial charge in [-0.05, 0) is 12.8 Å². The molecule has 0 N–H and O–H groups in total. The second kappa shape index (κ2) is 14.6. The lowest BCUT2D eigenvalue weighted by Gasteiger charge is -2.17. The molecule has 0 fully saturated rings. The summed E-state index contributed by atoms with van der Waals surface area (Å²) in [4.78, 5) is 32.4. The normalized spacial score (nSPS) is 11.1. The van der Waals surface area contributed by atoms with Gasteiger partial charge in [-0.3, -0.25) is 9.59 Å². The molecular weight excluding hydrogens is 282 g/mol. The van der Waals surface area contributed by atoms with Gasteiger partial charge in [-0.25, -0.2) is 0 Å². The van der Waals surface area contributed by atoms with Crippen LogP contribution in [0.3, 0.4) is 0 Å². The zero-order chi connectivity index (χ0) is 16.6. The number of hydrogen-bond acceptors (Lipinski definition) is 5. The predicted molar refractivity (Wildman–Crippen MR) is 86.6 cm³/mol. The average Bonchev–Trinajstić information content (AvgIpc) is 2.52. The van der Waals surface area contributed by atoms with Crippen molar-refractivity contribution >= 4 is 11.9 Å². The topological polar surface area (TPSA) is 55.8 Å². The van der Waals surface area contributed by atoms with Gasteiger partial charge in [0.15, 0.2) is 0 Å². The van der Waals surface area contributed by atoms with E-state index in [9.17, 15) is 9.59 Å². The first-order valence-corrected chi connectivity index (χ1v) is 8.48. The van der Waals surface area contributed by atoms with E-state index in [-0.39, 0.29) is 19.4 Å². The number of hydroxylamine groups is 2. The minimum absolute atomic E-state index is 0.238. The molecule has 0 atom stereocenters. The van der Waals surface area contributed by atoms with Gasteiger partial charge in [0.25, 0.3) is 0 Å². The van der Waals surface area contributed by atoms with E-state index >= 15 is 0 Å². The highest BCUT2D eigenvalue weighted by atomic mass is 17.0. The van der Waals surface area contributed by atoms with Gasteiger partial charge < -0.3 is 9.68 Å². The molecule has 5 nitrogen and oxygen atoms in total. The molecule has 0 aliphatic heterocycles. The predicted octanol–water partition coefficient (Wildman–Crippen LogP) is 4.33. The Morgan fingerprint density at radius 1 is 0.818 bits per heavy atom. The van der Waals surface area contributed by atoms with Crippen LogP contribution in [0.5, 0.6) is 0 Å². The summed E-state index contributed by atoms with van der Waals surface area (Å²) in [7, 11) is 0. The van der Waals surface area contributed by atoms with E-state index < -0.39 is 11.9 Å². The maximum absolute atomic E-state index is 11.3. The number of allylic oxidation sites excluding steroid dienone is 1. The first-order chi connectivity index (χ1) is 10.6. The van der Waals surface area contributed by atoms with E-state index in [1.165, 1.54) is 32.1 Å². The molecule has 0 bridgehead atoms. The molecule has 128 valence electrons. The fourth-order valence-corrected chi connectivity index (χ4v) is 1.77. The summed E-state index contributed by atoms with van der Waals surface area (Å²) in [6, 6.07) is 0. The van der Waals surface area contributed by atoms with E-state index in [1.54, 1.807) is 13.8 Å². The molecule has 0 rings (SSSR count). The van der Waals surface area contributed by atoms with Crippen LogP contribution >= 0.6 is 0 Å². The molecule has 0 aliphatic carbocycles. The number of carbonyl (C=O) groups excluding carboxylic acids is 2. The van der Waals surface area contributed by atoms with E-state index in [0.29, 0.717) is 0 Å². The Bertz CT molecular complexity index is 311. The number of rotatable bonds is 13. The highest BCUT2D eigenvalue weighted by Crippen LogP contribution is 2.07. The molecule has 0 amide bonds. The molecule has 0 saturated heterocycles. The van der Waals surface area contributed by atoms with Crippen molar-refractivity contribution in [3.8, 4) is 0 Å². The molecular formula is C17H31NO4. The van der Waals surface area contributed by atoms with Crippen LogP contribution in [0, 0.1) is 0 Å². The van der Waals surface area contributed by atoms with Crippen LogP contribution in [-0.4, -0.2) is 23.7 Å². The van der Waals surface area contributed by atoms with Gasteiger partial charge in [-0.15, -0.1) is 0 Å². The van der Waals surface area contributed by atoms with E-state index in [2.05, 4.69) is 6.92 Å². The highest BCUT2D eigenvalue weighted by molar-refractivity contribution is 5.70. The number of carbonyl (C=O) groups is 2. The Morgan fingerprint density at radius 3 is 1.91 bits per heavy atom. The average molecular weight is 313 g/mol. The van der Waals surface area contributed by atoms with Crippen LogP contribution in [-0.2, 0) is 19.3 Å². The van der Waals surface area contributed by atoms with Gasteiger partial charge in [0.1, 0.15) is 0 Å². The maximum atomic E-state index is 11.3. The van der Waals surface area contributed by atoms with Crippen molar-refractivity contribution in [2.75, 3.05) is 6.54 Å². The molecule has 0 aromatic carbocycles. The van der Waals surface area contributed by atoms with Crippen LogP contribution in [0.1, 0.15) is 78.6 Å². The molecule has 0 aliphatic rings. The Labute approximate surface area is 134 Å². The third-order valence-corrected chi connectivity index (χ3v) is 3.13. The lowest BCUT2D eigenvalue weighted by Crippen LogP contribution is -2.30. The second-order valence-corrected chi connectivity index (χ2v) is 5.18. The molecule has 0 saturated carbocycles. The largest absolute Gasteiger partial charge is 0.333 e. The van der Waals surface area contributed by atoms with Gasteiger partial charge in [-0.2, -0.15) is 0 Å². The molecule has 22 heavy (non-hydrogen) atoms. The lowest BCUT2D eigenvalue weighted by atomic mass is 10.1. The van der Waals surface area contributed by atoms with Crippen molar-refractivity contribution < 1.29 is 19.3 Å². The molecule has 0 unspecified atom stereocenters. The Balaban J connectivity index is 3.92. The number of unbranched alkanes of at least 4 members (excludes halogenated alkanes) is 6. The minimum atomic E-state index is -0.423. The lowest BCUT2D eigenvalue weighted by molar-refractivity contribution is -0.319. The standard InChI is InChI=1S/C17H31NO4/c1-4-7-8-9-10-11-12-13-14-15-18(21-16(19)5-2)22-17(20)6-3/h13-14H,4-12,15H2,1-3H3. The first-order valence-electron chi connectivity index (χ1n) is 8.48. The van der Waals surface area contributed by atoms with Crippen molar-refractivity contribution in [2.45, 2.75) is 78.6 Å². The Hall–Kier alpha value is -1.36. The molecule has 0 heterocycles. The zero-order valence-corrected chi connectivity index (χ0v) is 14.3. The van der Waals surface area contributed by atoms with Crippen molar-refractivity contribution in [2.24, 2.45) is 0 Å². The third kappa shape index (κ3) is 12.4. The van der Waals surface area contributed by atoms with Crippen LogP contribution in [0.15, 0.2) is 12.2 Å². The quantitative estimate of drug-likeness (QED) is 0.288. The highest BCUT2D eigenvalue weighted by Gasteiger charge is 2.13. The van der Waals surface area contributed by atoms with Crippen molar-refractivity contribution in [3.63, 3.8) is 0 Å². The summed E-state index contributed by atoms with van der Waals surface area (Å²) in [5.41, 5.74) is 0. The number of hydrogen-bond donors (Lipinski definition) is 0. The van der Waals surface area contributed by atoms with Gasteiger partial charge in [0, 0.05) is 18.1 Å². The molecule has 0 spiro atoms. The maximum Gasteiger partial charge on any atom is 0.328 e. The van der Waals surface area contributed by atoms with Crippen LogP contribution in [0.25, 0.3) is 0 Å². The third-order valence-electron chi connectivity index (χ3n) is 3.13. The monoisotopic (exact) mass is 313 g/mol. The summed E-state index contributed by atoms with van der Waals surface area (Å²) in [6.45, 7) is 5.85. The van der Waals surface area contributed by atoms with E-state index in [0.717, 1.165) is 18.1 Å². The molecule has 0 aromatic rings. The van der Waals surface area contributed by atoms with Crippen LogP contribution < -0.4 is 0 Å². The van der Waals surface area contributed by atoms with Gasteiger partial charge in [0.05, 0.1) is 6.54 Å². The Morgan fingerprint density at radius 2 is 1.36 bits per heavy atom. The second-order valence-electron chi connectivity index (χ2n) is 5.18. The van der Waals surface area contributed by atoms with Crippen LogP contribution in [0.4, 0.5) is 0 Å². The van der Waals surface area contributed by atoms with Crippen molar-refractivity contribution in [3.05, 3.63) is 12.2 Å². The van der Waals surface area contributed by atoms with Gasteiger partial charge in [0.2, 0.25) is 0 Å². The first kappa shape index (κ1) is 20.6. The summed E-state index contributed by atoms with van der Waals surface area (Å²) in [5.74, 6) is -0.846.